The first-order valence-electron chi connectivity index (χ1n) is 6.24. The van der Waals surface area contributed by atoms with E-state index in [-0.39, 0.29) is 18.9 Å². The van der Waals surface area contributed by atoms with Crippen molar-refractivity contribution in [1.29, 1.82) is 0 Å². The maximum atomic E-state index is 11.6. The number of carboxylic acid groups (broad SMARTS) is 2. The van der Waals surface area contributed by atoms with Crippen LogP contribution in [0, 0.1) is 5.92 Å². The molecular formula is C12H22N2O5. The lowest BCUT2D eigenvalue weighted by Gasteiger charge is -2.19. The Morgan fingerprint density at radius 1 is 1.05 bits per heavy atom. The highest BCUT2D eigenvalue weighted by Crippen LogP contribution is 2.04. The number of amides is 2. The number of hydrogen-bond acceptors (Lipinski definition) is 3. The van der Waals surface area contributed by atoms with Crippen molar-refractivity contribution in [1.82, 2.24) is 10.6 Å². The molecule has 0 bridgehead atoms. The lowest BCUT2D eigenvalue weighted by molar-refractivity contribution is -0.140. The summed E-state index contributed by atoms with van der Waals surface area (Å²) >= 11 is 0. The SMILES string of the molecule is CC(C)CC(C)NC(=O)N[C@@H](CCC(=O)O)C(=O)O. The Hall–Kier alpha value is -1.79. The van der Waals surface area contributed by atoms with Crippen molar-refractivity contribution in [2.75, 3.05) is 0 Å². The van der Waals surface area contributed by atoms with Gasteiger partial charge in [-0.05, 0) is 25.7 Å². The van der Waals surface area contributed by atoms with Gasteiger partial charge in [-0.25, -0.2) is 9.59 Å². The van der Waals surface area contributed by atoms with Crippen LogP contribution in [0.15, 0.2) is 0 Å². The van der Waals surface area contributed by atoms with E-state index in [4.69, 9.17) is 10.2 Å². The van der Waals surface area contributed by atoms with E-state index >= 15 is 0 Å². The molecule has 0 radical (unpaired) electrons. The third-order valence-corrected chi connectivity index (χ3v) is 2.45. The molecule has 0 rings (SSSR count). The van der Waals surface area contributed by atoms with Crippen LogP contribution in [-0.2, 0) is 9.59 Å². The van der Waals surface area contributed by atoms with Gasteiger partial charge in [0.25, 0.3) is 0 Å². The summed E-state index contributed by atoms with van der Waals surface area (Å²) in [5.74, 6) is -1.92. The Labute approximate surface area is 112 Å². The molecule has 0 aliphatic heterocycles. The van der Waals surface area contributed by atoms with E-state index < -0.39 is 24.0 Å². The topological polar surface area (TPSA) is 116 Å². The molecule has 2 atom stereocenters. The summed E-state index contributed by atoms with van der Waals surface area (Å²) in [5.41, 5.74) is 0. The van der Waals surface area contributed by atoms with Gasteiger partial charge in [0.1, 0.15) is 6.04 Å². The molecule has 19 heavy (non-hydrogen) atoms. The van der Waals surface area contributed by atoms with Crippen molar-refractivity contribution >= 4 is 18.0 Å². The fourth-order valence-electron chi connectivity index (χ4n) is 1.71. The van der Waals surface area contributed by atoms with Gasteiger partial charge in [-0.3, -0.25) is 4.79 Å². The van der Waals surface area contributed by atoms with Crippen molar-refractivity contribution in [2.24, 2.45) is 5.92 Å². The summed E-state index contributed by atoms with van der Waals surface area (Å²) in [6, 6.07) is -1.86. The summed E-state index contributed by atoms with van der Waals surface area (Å²) in [6.07, 6.45) is 0.329. The Kier molecular flexibility index (Phi) is 7.55. The van der Waals surface area contributed by atoms with Gasteiger partial charge in [0.05, 0.1) is 0 Å². The van der Waals surface area contributed by atoms with Crippen LogP contribution in [0.4, 0.5) is 4.79 Å². The Bertz CT molecular complexity index is 330. The van der Waals surface area contributed by atoms with E-state index in [9.17, 15) is 14.4 Å². The van der Waals surface area contributed by atoms with Crippen LogP contribution in [0.3, 0.4) is 0 Å². The molecular weight excluding hydrogens is 252 g/mol. The maximum Gasteiger partial charge on any atom is 0.326 e. The molecule has 0 aromatic carbocycles. The summed E-state index contributed by atoms with van der Waals surface area (Å²) in [6.45, 7) is 5.86. The van der Waals surface area contributed by atoms with Gasteiger partial charge in [-0.1, -0.05) is 13.8 Å². The van der Waals surface area contributed by atoms with E-state index in [0.29, 0.717) is 5.92 Å². The normalized spacial score (nSPS) is 13.7. The van der Waals surface area contributed by atoms with Gasteiger partial charge in [0.15, 0.2) is 0 Å². The second-order valence-corrected chi connectivity index (χ2v) is 4.97. The second-order valence-electron chi connectivity index (χ2n) is 4.97. The first-order valence-corrected chi connectivity index (χ1v) is 6.24. The molecule has 0 saturated carbocycles. The van der Waals surface area contributed by atoms with E-state index in [1.165, 1.54) is 0 Å². The Morgan fingerprint density at radius 3 is 2.05 bits per heavy atom. The van der Waals surface area contributed by atoms with Crippen LogP contribution in [0.5, 0.6) is 0 Å². The van der Waals surface area contributed by atoms with Gasteiger partial charge in [0, 0.05) is 12.5 Å². The molecule has 0 aromatic rings. The third-order valence-electron chi connectivity index (χ3n) is 2.45. The lowest BCUT2D eigenvalue weighted by atomic mass is 10.1. The summed E-state index contributed by atoms with van der Waals surface area (Å²) in [4.78, 5) is 32.8. The molecule has 110 valence electrons. The predicted molar refractivity (Wildman–Crippen MR) is 68.9 cm³/mol. The minimum Gasteiger partial charge on any atom is -0.481 e. The first-order chi connectivity index (χ1) is 8.72. The Balaban J connectivity index is 4.23. The van der Waals surface area contributed by atoms with E-state index in [1.807, 2.05) is 20.8 Å². The molecule has 0 saturated heterocycles. The van der Waals surface area contributed by atoms with Gasteiger partial charge in [-0.15, -0.1) is 0 Å². The smallest absolute Gasteiger partial charge is 0.326 e. The van der Waals surface area contributed by atoms with E-state index in [2.05, 4.69) is 10.6 Å². The average molecular weight is 274 g/mol. The lowest BCUT2D eigenvalue weighted by Crippen LogP contribution is -2.48. The highest BCUT2D eigenvalue weighted by molar-refractivity contribution is 5.83. The molecule has 1 unspecified atom stereocenters. The van der Waals surface area contributed by atoms with E-state index in [0.717, 1.165) is 6.42 Å². The molecule has 0 aliphatic rings. The number of rotatable bonds is 8. The van der Waals surface area contributed by atoms with E-state index in [1.54, 1.807) is 0 Å². The van der Waals surface area contributed by atoms with Crippen LogP contribution in [0.1, 0.15) is 40.0 Å². The number of carbonyl (C=O) groups excluding carboxylic acids is 1. The quantitative estimate of drug-likeness (QED) is 0.527. The second kappa shape index (κ2) is 8.34. The average Bonchev–Trinajstić information content (AvgIpc) is 2.21. The molecule has 0 aliphatic carbocycles. The highest BCUT2D eigenvalue weighted by Gasteiger charge is 2.21. The summed E-state index contributed by atoms with van der Waals surface area (Å²) in [7, 11) is 0. The van der Waals surface area contributed by atoms with Gasteiger partial charge in [-0.2, -0.15) is 0 Å². The standard InChI is InChI=1S/C12H22N2O5/c1-7(2)6-8(3)13-12(19)14-9(11(17)18)4-5-10(15)16/h7-9H,4-6H2,1-3H3,(H,15,16)(H,17,18)(H2,13,14,19)/t8?,9-/m0/s1. The molecule has 0 spiro atoms. The van der Waals surface area contributed by atoms with Crippen LogP contribution < -0.4 is 10.6 Å². The van der Waals surface area contributed by atoms with Crippen LogP contribution in [-0.4, -0.2) is 40.3 Å². The summed E-state index contributed by atoms with van der Waals surface area (Å²) < 4.78 is 0. The highest BCUT2D eigenvalue weighted by atomic mass is 16.4. The minimum atomic E-state index is -1.24. The first kappa shape index (κ1) is 17.2. The minimum absolute atomic E-state index is 0.0751. The van der Waals surface area contributed by atoms with Crippen LogP contribution >= 0.6 is 0 Å². The predicted octanol–water partition coefficient (Wildman–Crippen LogP) is 1.04. The molecule has 7 heteroatoms. The zero-order valence-electron chi connectivity index (χ0n) is 11.5. The van der Waals surface area contributed by atoms with Gasteiger partial charge in [0.2, 0.25) is 0 Å². The molecule has 0 aromatic heterocycles. The Morgan fingerprint density at radius 2 is 1.63 bits per heavy atom. The molecule has 0 heterocycles. The van der Waals surface area contributed by atoms with Crippen LogP contribution in [0.25, 0.3) is 0 Å². The monoisotopic (exact) mass is 274 g/mol. The summed E-state index contributed by atoms with van der Waals surface area (Å²) in [5, 5.41) is 22.3. The largest absolute Gasteiger partial charge is 0.481 e. The zero-order valence-corrected chi connectivity index (χ0v) is 11.5. The van der Waals surface area contributed by atoms with Crippen LogP contribution in [0.2, 0.25) is 0 Å². The molecule has 7 nitrogen and oxygen atoms in total. The molecule has 0 fully saturated rings. The maximum absolute atomic E-state index is 11.6. The number of urea groups is 1. The molecule has 4 N–H and O–H groups in total. The van der Waals surface area contributed by atoms with Crippen molar-refractivity contribution in [2.45, 2.75) is 52.1 Å². The third kappa shape index (κ3) is 8.87. The van der Waals surface area contributed by atoms with Gasteiger partial charge >= 0.3 is 18.0 Å². The zero-order chi connectivity index (χ0) is 15.0. The molecule has 2 amide bonds. The van der Waals surface area contributed by atoms with Crippen molar-refractivity contribution in [3.8, 4) is 0 Å². The number of hydrogen-bond donors (Lipinski definition) is 4. The fraction of sp³-hybridized carbons (Fsp3) is 0.750. The van der Waals surface area contributed by atoms with Gasteiger partial charge < -0.3 is 20.8 Å². The van der Waals surface area contributed by atoms with Crippen molar-refractivity contribution < 1.29 is 24.6 Å². The fourth-order valence-corrected chi connectivity index (χ4v) is 1.71. The number of carbonyl (C=O) groups is 3. The number of aliphatic carboxylic acids is 2. The van der Waals surface area contributed by atoms with Crippen molar-refractivity contribution in [3.63, 3.8) is 0 Å². The number of carboxylic acids is 2. The number of nitrogens with one attached hydrogen (secondary N) is 2. The van der Waals surface area contributed by atoms with Crippen molar-refractivity contribution in [3.05, 3.63) is 0 Å².